The Labute approximate surface area is 187 Å². The molecule has 168 valence electrons. The molecule has 0 bridgehead atoms. The molecule has 1 fully saturated rings. The maximum atomic E-state index is 13.0. The fraction of sp³-hybridized carbons (Fsp3) is 0.350. The summed E-state index contributed by atoms with van der Waals surface area (Å²) in [6.45, 7) is 2.62. The molecule has 3 rings (SSSR count). The van der Waals surface area contributed by atoms with Crippen molar-refractivity contribution < 1.29 is 21.6 Å². The van der Waals surface area contributed by atoms with Gasteiger partial charge in [-0.2, -0.15) is 4.31 Å². The van der Waals surface area contributed by atoms with E-state index in [1.165, 1.54) is 28.6 Å². The van der Waals surface area contributed by atoms with Crippen LogP contribution in [0.1, 0.15) is 42.1 Å². The fourth-order valence-corrected chi connectivity index (χ4v) is 6.37. The van der Waals surface area contributed by atoms with Crippen LogP contribution in [0.3, 0.4) is 0 Å². The number of nitrogens with zero attached hydrogens (tertiary/aromatic N) is 1. The van der Waals surface area contributed by atoms with Gasteiger partial charge < -0.3 is 5.32 Å². The van der Waals surface area contributed by atoms with Crippen LogP contribution in [0.5, 0.6) is 0 Å². The molecule has 1 aliphatic heterocycles. The number of amides is 1. The molecule has 1 amide bonds. The van der Waals surface area contributed by atoms with E-state index < -0.39 is 26.0 Å². The first kappa shape index (κ1) is 23.7. The lowest BCUT2D eigenvalue weighted by Crippen LogP contribution is -2.35. The zero-order valence-corrected chi connectivity index (χ0v) is 19.4. The summed E-state index contributed by atoms with van der Waals surface area (Å²) in [7, 11) is -7.80. The molecular formula is C20H24ClN3O5S2. The molecule has 2 aromatic carbocycles. The van der Waals surface area contributed by atoms with Crippen molar-refractivity contribution in [3.05, 3.63) is 52.5 Å². The van der Waals surface area contributed by atoms with E-state index in [1.54, 1.807) is 19.1 Å². The highest BCUT2D eigenvalue weighted by Gasteiger charge is 2.29. The number of piperidine rings is 1. The van der Waals surface area contributed by atoms with Gasteiger partial charge in [-0.05, 0) is 55.2 Å². The summed E-state index contributed by atoms with van der Waals surface area (Å²) < 4.78 is 51.1. The Balaban J connectivity index is 1.91. The number of benzene rings is 2. The van der Waals surface area contributed by atoms with Crippen LogP contribution >= 0.6 is 11.6 Å². The summed E-state index contributed by atoms with van der Waals surface area (Å²) in [5, 5.41) is 7.90. The lowest BCUT2D eigenvalue weighted by molar-refractivity contribution is 0.102. The highest BCUT2D eigenvalue weighted by Crippen LogP contribution is 2.28. The molecule has 0 radical (unpaired) electrons. The van der Waals surface area contributed by atoms with Crippen molar-refractivity contribution in [2.45, 2.75) is 42.4 Å². The molecule has 0 aromatic heterocycles. The van der Waals surface area contributed by atoms with E-state index >= 15 is 0 Å². The van der Waals surface area contributed by atoms with Crippen LogP contribution in [0.25, 0.3) is 0 Å². The SMILES string of the molecule is CCc1ccc(NC(=O)c2ccc(Cl)c(S(=O)(=O)N3CCCCC3)c2)cc1S(N)(=O)=O. The van der Waals surface area contributed by atoms with Gasteiger partial charge in [0, 0.05) is 24.3 Å². The molecule has 11 heteroatoms. The van der Waals surface area contributed by atoms with E-state index in [2.05, 4.69) is 5.32 Å². The molecule has 0 aliphatic carbocycles. The normalized spacial score (nSPS) is 15.6. The Morgan fingerprint density at radius 2 is 1.71 bits per heavy atom. The molecule has 0 unspecified atom stereocenters. The lowest BCUT2D eigenvalue weighted by atomic mass is 10.1. The summed E-state index contributed by atoms with van der Waals surface area (Å²) in [4.78, 5) is 12.6. The second kappa shape index (κ2) is 9.25. The number of carbonyl (C=O) groups is 1. The Bertz CT molecular complexity index is 1210. The Morgan fingerprint density at radius 3 is 2.32 bits per heavy atom. The van der Waals surface area contributed by atoms with Crippen LogP contribution in [-0.4, -0.2) is 40.1 Å². The molecular weight excluding hydrogens is 462 g/mol. The van der Waals surface area contributed by atoms with Crippen molar-refractivity contribution in [3.63, 3.8) is 0 Å². The Morgan fingerprint density at radius 1 is 1.03 bits per heavy atom. The number of halogens is 1. The number of nitrogens with one attached hydrogen (secondary N) is 1. The summed E-state index contributed by atoms with van der Waals surface area (Å²) in [6.07, 6.45) is 2.97. The van der Waals surface area contributed by atoms with Crippen LogP contribution in [0.15, 0.2) is 46.2 Å². The molecule has 2 aromatic rings. The number of primary sulfonamides is 1. The van der Waals surface area contributed by atoms with E-state index in [0.29, 0.717) is 25.1 Å². The smallest absolute Gasteiger partial charge is 0.255 e. The Kier molecular flexibility index (Phi) is 7.07. The molecule has 1 saturated heterocycles. The number of rotatable bonds is 6. The average Bonchev–Trinajstić information content (AvgIpc) is 2.73. The lowest BCUT2D eigenvalue weighted by Gasteiger charge is -2.26. The van der Waals surface area contributed by atoms with Gasteiger partial charge in [-0.1, -0.05) is 31.0 Å². The zero-order valence-electron chi connectivity index (χ0n) is 17.0. The minimum absolute atomic E-state index is 0.0333. The van der Waals surface area contributed by atoms with Gasteiger partial charge >= 0.3 is 0 Å². The number of sulfonamides is 2. The van der Waals surface area contributed by atoms with E-state index in [4.69, 9.17) is 16.7 Å². The van der Waals surface area contributed by atoms with Crippen LogP contribution in [0.4, 0.5) is 5.69 Å². The monoisotopic (exact) mass is 485 g/mol. The first-order valence-electron chi connectivity index (χ1n) is 9.81. The highest BCUT2D eigenvalue weighted by molar-refractivity contribution is 7.89. The highest BCUT2D eigenvalue weighted by atomic mass is 35.5. The van der Waals surface area contributed by atoms with Gasteiger partial charge in [0.2, 0.25) is 20.0 Å². The fourth-order valence-electron chi connectivity index (χ4n) is 3.48. The summed E-state index contributed by atoms with van der Waals surface area (Å²) in [5.74, 6) is -0.601. The van der Waals surface area contributed by atoms with Crippen LogP contribution in [-0.2, 0) is 26.5 Å². The third-order valence-electron chi connectivity index (χ3n) is 5.14. The zero-order chi connectivity index (χ0) is 22.8. The second-order valence-electron chi connectivity index (χ2n) is 7.29. The first-order valence-corrected chi connectivity index (χ1v) is 13.2. The van der Waals surface area contributed by atoms with Crippen molar-refractivity contribution >= 4 is 43.2 Å². The molecule has 31 heavy (non-hydrogen) atoms. The number of hydrogen-bond acceptors (Lipinski definition) is 5. The third-order valence-corrected chi connectivity index (χ3v) is 8.51. The largest absolute Gasteiger partial charge is 0.322 e. The minimum Gasteiger partial charge on any atom is -0.322 e. The van der Waals surface area contributed by atoms with Gasteiger partial charge in [-0.25, -0.2) is 22.0 Å². The predicted molar refractivity (Wildman–Crippen MR) is 119 cm³/mol. The minimum atomic E-state index is -3.97. The quantitative estimate of drug-likeness (QED) is 0.650. The van der Waals surface area contributed by atoms with E-state index in [1.807, 2.05) is 0 Å². The average molecular weight is 486 g/mol. The van der Waals surface area contributed by atoms with Gasteiger partial charge in [-0.15, -0.1) is 0 Å². The molecule has 0 atom stereocenters. The molecule has 0 spiro atoms. The van der Waals surface area contributed by atoms with Gasteiger partial charge in [-0.3, -0.25) is 4.79 Å². The van der Waals surface area contributed by atoms with Crippen molar-refractivity contribution in [3.8, 4) is 0 Å². The maximum Gasteiger partial charge on any atom is 0.255 e. The van der Waals surface area contributed by atoms with E-state index in [-0.39, 0.29) is 26.1 Å². The summed E-state index contributed by atoms with van der Waals surface area (Å²) >= 11 is 6.15. The van der Waals surface area contributed by atoms with E-state index in [0.717, 1.165) is 19.3 Å². The van der Waals surface area contributed by atoms with Crippen molar-refractivity contribution in [2.24, 2.45) is 5.14 Å². The van der Waals surface area contributed by atoms with E-state index in [9.17, 15) is 21.6 Å². The molecule has 1 heterocycles. The van der Waals surface area contributed by atoms with Gasteiger partial charge in [0.05, 0.1) is 9.92 Å². The first-order chi connectivity index (χ1) is 14.5. The molecule has 8 nitrogen and oxygen atoms in total. The summed E-state index contributed by atoms with van der Waals surface area (Å²) in [6, 6.07) is 8.43. The van der Waals surface area contributed by atoms with Crippen LogP contribution in [0, 0.1) is 0 Å². The number of aryl methyl sites for hydroxylation is 1. The van der Waals surface area contributed by atoms with Crippen molar-refractivity contribution in [2.75, 3.05) is 18.4 Å². The number of hydrogen-bond donors (Lipinski definition) is 2. The predicted octanol–water partition coefficient (Wildman–Crippen LogP) is 2.98. The van der Waals surface area contributed by atoms with Crippen LogP contribution < -0.4 is 10.5 Å². The standard InChI is InChI=1S/C20H24ClN3O5S2/c1-2-14-6-8-16(13-18(14)30(22,26)27)23-20(25)15-7-9-17(21)19(12-15)31(28,29)24-10-4-3-5-11-24/h6-9,12-13H,2-5,10-11H2,1H3,(H,23,25)(H2,22,26,27). The number of anilines is 1. The number of nitrogens with two attached hydrogens (primary N) is 1. The van der Waals surface area contributed by atoms with Crippen LogP contribution in [0.2, 0.25) is 5.02 Å². The van der Waals surface area contributed by atoms with Crippen molar-refractivity contribution in [1.82, 2.24) is 4.31 Å². The molecule has 1 aliphatic rings. The molecule has 3 N–H and O–H groups in total. The van der Waals surface area contributed by atoms with Gasteiger partial charge in [0.15, 0.2) is 0 Å². The second-order valence-corrected chi connectivity index (χ2v) is 11.1. The maximum absolute atomic E-state index is 13.0. The Hall–Kier alpha value is -1.98. The van der Waals surface area contributed by atoms with Crippen molar-refractivity contribution in [1.29, 1.82) is 0 Å². The third kappa shape index (κ3) is 5.27. The summed E-state index contributed by atoms with van der Waals surface area (Å²) in [5.41, 5.74) is 0.834. The molecule has 0 saturated carbocycles. The number of carbonyl (C=O) groups excluding carboxylic acids is 1. The van der Waals surface area contributed by atoms with Gasteiger partial charge in [0.1, 0.15) is 4.90 Å². The van der Waals surface area contributed by atoms with Gasteiger partial charge in [0.25, 0.3) is 5.91 Å². The topological polar surface area (TPSA) is 127 Å².